The van der Waals surface area contributed by atoms with Crippen LogP contribution in [0.25, 0.3) is 0 Å². The van der Waals surface area contributed by atoms with Gasteiger partial charge in [-0.15, -0.1) is 0 Å². The van der Waals surface area contributed by atoms with Gasteiger partial charge in [-0.2, -0.15) is 0 Å². The van der Waals surface area contributed by atoms with E-state index in [2.05, 4.69) is 30.1 Å². The summed E-state index contributed by atoms with van der Waals surface area (Å²) in [7, 11) is 0. The molecule has 1 heterocycles. The minimum Gasteiger partial charge on any atom is -0.483 e. The normalized spacial score (nSPS) is 20.6. The van der Waals surface area contributed by atoms with Gasteiger partial charge in [0.15, 0.2) is 6.61 Å². The third-order valence-corrected chi connectivity index (χ3v) is 5.38. The first kappa shape index (κ1) is 17.3. The van der Waals surface area contributed by atoms with Crippen molar-refractivity contribution in [1.82, 2.24) is 10.2 Å². The number of rotatable bonds is 7. The molecule has 1 aromatic carbocycles. The summed E-state index contributed by atoms with van der Waals surface area (Å²) >= 11 is 0. The van der Waals surface area contributed by atoms with Crippen LogP contribution in [-0.4, -0.2) is 42.6 Å². The van der Waals surface area contributed by atoms with Crippen LogP contribution in [0.3, 0.4) is 0 Å². The smallest absolute Gasteiger partial charge is 0.258 e. The first-order valence-electron chi connectivity index (χ1n) is 9.42. The number of carbonyl (C=O) groups excluding carboxylic acids is 1. The van der Waals surface area contributed by atoms with Gasteiger partial charge in [-0.3, -0.25) is 4.79 Å². The van der Waals surface area contributed by atoms with E-state index in [1.807, 2.05) is 18.2 Å². The standard InChI is InChI=1S/C20H30N2O2/c1-3-15(2)18-6-4-5-7-19(18)24-14-20(23)21-16-10-12-22(13-11-16)17-8-9-17/h4-7,15-17H,3,8-14H2,1-2H3,(H,21,23). The van der Waals surface area contributed by atoms with E-state index in [4.69, 9.17) is 4.74 Å². The first-order valence-corrected chi connectivity index (χ1v) is 9.42. The zero-order valence-electron chi connectivity index (χ0n) is 15.0. The largest absolute Gasteiger partial charge is 0.483 e. The Balaban J connectivity index is 1.44. The molecule has 0 spiro atoms. The van der Waals surface area contributed by atoms with Gasteiger partial charge in [0.2, 0.25) is 0 Å². The van der Waals surface area contributed by atoms with Crippen molar-refractivity contribution in [3.63, 3.8) is 0 Å². The number of hydrogen-bond acceptors (Lipinski definition) is 3. The number of piperidine rings is 1. The Labute approximate surface area is 145 Å². The number of para-hydroxylation sites is 1. The van der Waals surface area contributed by atoms with E-state index in [9.17, 15) is 4.79 Å². The van der Waals surface area contributed by atoms with Crippen molar-refractivity contribution in [2.24, 2.45) is 0 Å². The molecule has 4 nitrogen and oxygen atoms in total. The summed E-state index contributed by atoms with van der Waals surface area (Å²) in [6.45, 7) is 6.70. The topological polar surface area (TPSA) is 41.6 Å². The Morgan fingerprint density at radius 2 is 1.96 bits per heavy atom. The lowest BCUT2D eigenvalue weighted by atomic mass is 9.98. The highest BCUT2D eigenvalue weighted by Gasteiger charge is 2.32. The third kappa shape index (κ3) is 4.50. The molecule has 2 fully saturated rings. The second-order valence-corrected chi connectivity index (χ2v) is 7.24. The van der Waals surface area contributed by atoms with Gasteiger partial charge in [-0.1, -0.05) is 32.0 Å². The number of hydrogen-bond donors (Lipinski definition) is 1. The fraction of sp³-hybridized carbons (Fsp3) is 0.650. The summed E-state index contributed by atoms with van der Waals surface area (Å²) in [4.78, 5) is 14.8. The van der Waals surface area contributed by atoms with Crippen LogP contribution in [0.4, 0.5) is 0 Å². The number of nitrogens with one attached hydrogen (secondary N) is 1. The molecular formula is C20H30N2O2. The lowest BCUT2D eigenvalue weighted by Gasteiger charge is -2.32. The van der Waals surface area contributed by atoms with E-state index in [-0.39, 0.29) is 12.5 Å². The van der Waals surface area contributed by atoms with E-state index in [1.54, 1.807) is 0 Å². The molecular weight excluding hydrogens is 300 g/mol. The molecule has 1 aromatic rings. The predicted molar refractivity (Wildman–Crippen MR) is 96.4 cm³/mol. The number of nitrogens with zero attached hydrogens (tertiary/aromatic N) is 1. The fourth-order valence-corrected chi connectivity index (χ4v) is 3.50. The van der Waals surface area contributed by atoms with E-state index in [1.165, 1.54) is 18.4 Å². The minimum absolute atomic E-state index is 0.00109. The van der Waals surface area contributed by atoms with Crippen molar-refractivity contribution >= 4 is 5.91 Å². The molecule has 0 aromatic heterocycles. The zero-order valence-corrected chi connectivity index (χ0v) is 15.0. The summed E-state index contributed by atoms with van der Waals surface area (Å²) in [6, 6.07) is 9.19. The molecule has 0 bridgehead atoms. The van der Waals surface area contributed by atoms with Gasteiger partial charge in [0, 0.05) is 25.2 Å². The molecule has 1 aliphatic heterocycles. The number of benzene rings is 1. The average molecular weight is 330 g/mol. The van der Waals surface area contributed by atoms with Crippen LogP contribution in [0.15, 0.2) is 24.3 Å². The molecule has 1 unspecified atom stereocenters. The third-order valence-electron chi connectivity index (χ3n) is 5.38. The average Bonchev–Trinajstić information content (AvgIpc) is 3.45. The Morgan fingerprint density at radius 3 is 2.62 bits per heavy atom. The number of carbonyl (C=O) groups is 1. The number of likely N-dealkylation sites (tertiary alicyclic amines) is 1. The lowest BCUT2D eigenvalue weighted by molar-refractivity contribution is -0.124. The fourth-order valence-electron chi connectivity index (χ4n) is 3.50. The molecule has 1 aliphatic carbocycles. The van der Waals surface area contributed by atoms with Crippen LogP contribution in [-0.2, 0) is 4.79 Å². The van der Waals surface area contributed by atoms with E-state index in [0.29, 0.717) is 12.0 Å². The number of ether oxygens (including phenoxy) is 1. The highest BCUT2D eigenvalue weighted by molar-refractivity contribution is 5.77. The minimum atomic E-state index is -0.00109. The van der Waals surface area contributed by atoms with Crippen LogP contribution < -0.4 is 10.1 Å². The SMILES string of the molecule is CCC(C)c1ccccc1OCC(=O)NC1CCN(C2CC2)CC1. The van der Waals surface area contributed by atoms with Gasteiger partial charge in [0.1, 0.15) is 5.75 Å². The Hall–Kier alpha value is -1.55. The molecule has 1 atom stereocenters. The Kier molecular flexibility index (Phi) is 5.77. The van der Waals surface area contributed by atoms with Gasteiger partial charge in [-0.25, -0.2) is 0 Å². The lowest BCUT2D eigenvalue weighted by Crippen LogP contribution is -2.46. The Bertz CT molecular complexity index is 548. The van der Waals surface area contributed by atoms with Crippen LogP contribution in [0, 0.1) is 0 Å². The summed E-state index contributed by atoms with van der Waals surface area (Å²) < 4.78 is 5.81. The Morgan fingerprint density at radius 1 is 1.25 bits per heavy atom. The van der Waals surface area contributed by atoms with Crippen molar-refractivity contribution in [2.75, 3.05) is 19.7 Å². The molecule has 4 heteroatoms. The highest BCUT2D eigenvalue weighted by atomic mass is 16.5. The van der Waals surface area contributed by atoms with Gasteiger partial charge in [0.25, 0.3) is 5.91 Å². The second kappa shape index (κ2) is 8.02. The van der Waals surface area contributed by atoms with Crippen LogP contribution >= 0.6 is 0 Å². The number of amides is 1. The molecule has 3 rings (SSSR count). The molecule has 0 radical (unpaired) electrons. The molecule has 1 amide bonds. The zero-order chi connectivity index (χ0) is 16.9. The first-order chi connectivity index (χ1) is 11.7. The van der Waals surface area contributed by atoms with E-state index < -0.39 is 0 Å². The summed E-state index contributed by atoms with van der Waals surface area (Å²) in [6.07, 6.45) is 5.91. The maximum absolute atomic E-state index is 12.2. The highest BCUT2D eigenvalue weighted by Crippen LogP contribution is 2.29. The summed E-state index contributed by atoms with van der Waals surface area (Å²) in [5, 5.41) is 3.14. The molecule has 1 N–H and O–H groups in total. The molecule has 24 heavy (non-hydrogen) atoms. The van der Waals surface area contributed by atoms with Gasteiger partial charge in [-0.05, 0) is 49.7 Å². The van der Waals surface area contributed by atoms with Crippen molar-refractivity contribution in [3.8, 4) is 5.75 Å². The van der Waals surface area contributed by atoms with Gasteiger partial charge < -0.3 is 15.0 Å². The van der Waals surface area contributed by atoms with Gasteiger partial charge in [0.05, 0.1) is 0 Å². The van der Waals surface area contributed by atoms with Crippen LogP contribution in [0.5, 0.6) is 5.75 Å². The van der Waals surface area contributed by atoms with Crippen molar-refractivity contribution in [2.45, 2.75) is 64.0 Å². The molecule has 1 saturated carbocycles. The predicted octanol–water partition coefficient (Wildman–Crippen LogP) is 3.32. The summed E-state index contributed by atoms with van der Waals surface area (Å²) in [5.41, 5.74) is 1.19. The maximum atomic E-state index is 12.2. The molecule has 132 valence electrons. The monoisotopic (exact) mass is 330 g/mol. The quantitative estimate of drug-likeness (QED) is 0.834. The second-order valence-electron chi connectivity index (χ2n) is 7.24. The summed E-state index contributed by atoms with van der Waals surface area (Å²) in [5.74, 6) is 1.28. The van der Waals surface area contributed by atoms with E-state index >= 15 is 0 Å². The van der Waals surface area contributed by atoms with Crippen LogP contribution in [0.1, 0.15) is 57.4 Å². The van der Waals surface area contributed by atoms with Crippen molar-refractivity contribution in [1.29, 1.82) is 0 Å². The van der Waals surface area contributed by atoms with Crippen molar-refractivity contribution < 1.29 is 9.53 Å². The van der Waals surface area contributed by atoms with Gasteiger partial charge >= 0.3 is 0 Å². The van der Waals surface area contributed by atoms with E-state index in [0.717, 1.165) is 44.1 Å². The maximum Gasteiger partial charge on any atom is 0.258 e. The molecule has 1 saturated heterocycles. The molecule has 2 aliphatic rings. The van der Waals surface area contributed by atoms with Crippen LogP contribution in [0.2, 0.25) is 0 Å². The van der Waals surface area contributed by atoms with Crippen molar-refractivity contribution in [3.05, 3.63) is 29.8 Å².